The molecule has 2 aromatic rings. The molecule has 8 heteroatoms. The van der Waals surface area contributed by atoms with Gasteiger partial charge in [0.2, 0.25) is 5.82 Å². The standard InChI is InChI=1S/C14H9F5N2S/c1-6-3-2-4-7(5-6)20-14(22)21-13-11(18)9(16)8(15)10(17)12(13)19/h2-5H,1H3,(H2,20,21,22). The first-order valence-electron chi connectivity index (χ1n) is 5.97. The lowest BCUT2D eigenvalue weighted by Crippen LogP contribution is -2.22. The van der Waals surface area contributed by atoms with Crippen molar-refractivity contribution in [2.24, 2.45) is 0 Å². The van der Waals surface area contributed by atoms with Gasteiger partial charge in [-0.1, -0.05) is 12.1 Å². The molecule has 0 unspecified atom stereocenters. The lowest BCUT2D eigenvalue weighted by atomic mass is 10.2. The molecular weight excluding hydrogens is 323 g/mol. The number of hydrogen-bond acceptors (Lipinski definition) is 1. The molecule has 2 aromatic carbocycles. The molecule has 0 amide bonds. The average molecular weight is 332 g/mol. The second-order valence-corrected chi connectivity index (χ2v) is 4.80. The van der Waals surface area contributed by atoms with E-state index in [1.54, 1.807) is 18.2 Å². The van der Waals surface area contributed by atoms with E-state index < -0.39 is 34.8 Å². The summed E-state index contributed by atoms with van der Waals surface area (Å²) < 4.78 is 66.0. The quantitative estimate of drug-likeness (QED) is 0.366. The number of hydrogen-bond donors (Lipinski definition) is 2. The van der Waals surface area contributed by atoms with Gasteiger partial charge in [0.05, 0.1) is 0 Å². The Morgan fingerprint density at radius 3 is 1.95 bits per heavy atom. The van der Waals surface area contributed by atoms with Crippen molar-refractivity contribution in [1.82, 2.24) is 0 Å². The predicted octanol–water partition coefficient (Wildman–Crippen LogP) is 4.50. The Morgan fingerprint density at radius 1 is 0.864 bits per heavy atom. The van der Waals surface area contributed by atoms with E-state index in [1.807, 2.05) is 18.3 Å². The third-order valence-corrected chi connectivity index (χ3v) is 2.93. The lowest BCUT2D eigenvalue weighted by Gasteiger charge is -2.13. The lowest BCUT2D eigenvalue weighted by molar-refractivity contribution is 0.382. The van der Waals surface area contributed by atoms with Crippen molar-refractivity contribution in [2.75, 3.05) is 10.6 Å². The Kier molecular flexibility index (Phi) is 4.60. The smallest absolute Gasteiger partial charge is 0.200 e. The Labute approximate surface area is 128 Å². The summed E-state index contributed by atoms with van der Waals surface area (Å²) in [5.41, 5.74) is 0.187. The predicted molar refractivity (Wildman–Crippen MR) is 77.3 cm³/mol. The second kappa shape index (κ2) is 6.27. The van der Waals surface area contributed by atoms with Gasteiger partial charge in [-0.15, -0.1) is 0 Å². The highest BCUT2D eigenvalue weighted by molar-refractivity contribution is 7.80. The van der Waals surface area contributed by atoms with Gasteiger partial charge in [0.15, 0.2) is 28.4 Å². The van der Waals surface area contributed by atoms with E-state index in [-0.39, 0.29) is 5.11 Å². The van der Waals surface area contributed by atoms with Crippen LogP contribution in [0.3, 0.4) is 0 Å². The van der Waals surface area contributed by atoms with Gasteiger partial charge in [-0.3, -0.25) is 0 Å². The normalized spacial score (nSPS) is 10.5. The molecule has 0 heterocycles. The molecule has 0 aliphatic heterocycles. The summed E-state index contributed by atoms with van der Waals surface area (Å²) in [6.45, 7) is 1.81. The van der Waals surface area contributed by atoms with Crippen molar-refractivity contribution >= 4 is 28.7 Å². The highest BCUT2D eigenvalue weighted by Crippen LogP contribution is 2.27. The van der Waals surface area contributed by atoms with Crippen molar-refractivity contribution in [1.29, 1.82) is 0 Å². The Balaban J connectivity index is 2.26. The Morgan fingerprint density at radius 2 is 1.41 bits per heavy atom. The fourth-order valence-corrected chi connectivity index (χ4v) is 1.93. The van der Waals surface area contributed by atoms with Crippen molar-refractivity contribution in [3.05, 3.63) is 58.9 Å². The van der Waals surface area contributed by atoms with Gasteiger partial charge < -0.3 is 10.6 Å². The molecule has 0 spiro atoms. The molecule has 2 nitrogen and oxygen atoms in total. The summed E-state index contributed by atoms with van der Waals surface area (Å²) in [7, 11) is 0. The van der Waals surface area contributed by atoms with Crippen LogP contribution in [0.5, 0.6) is 0 Å². The fraction of sp³-hybridized carbons (Fsp3) is 0.0714. The van der Waals surface area contributed by atoms with Gasteiger partial charge in [-0.25, -0.2) is 22.0 Å². The zero-order valence-electron chi connectivity index (χ0n) is 11.1. The molecule has 0 saturated carbocycles. The number of thiocarbonyl (C=S) groups is 1. The minimum absolute atomic E-state index is 0.311. The minimum atomic E-state index is -2.22. The molecule has 0 fully saturated rings. The molecular formula is C14H9F5N2S. The average Bonchev–Trinajstić information content (AvgIpc) is 2.47. The summed E-state index contributed by atoms with van der Waals surface area (Å²) in [6, 6.07) is 6.83. The molecule has 0 aliphatic carbocycles. The maximum absolute atomic E-state index is 13.5. The third kappa shape index (κ3) is 3.16. The molecule has 2 N–H and O–H groups in total. The van der Waals surface area contributed by atoms with Crippen LogP contribution in [0, 0.1) is 36.0 Å². The van der Waals surface area contributed by atoms with E-state index in [0.29, 0.717) is 5.69 Å². The van der Waals surface area contributed by atoms with Crippen LogP contribution in [-0.2, 0) is 0 Å². The van der Waals surface area contributed by atoms with E-state index in [2.05, 4.69) is 5.32 Å². The summed E-state index contributed by atoms with van der Waals surface area (Å²) >= 11 is 4.81. The van der Waals surface area contributed by atoms with Crippen LogP contribution in [0.1, 0.15) is 5.56 Å². The van der Waals surface area contributed by atoms with Crippen molar-refractivity contribution in [2.45, 2.75) is 6.92 Å². The van der Waals surface area contributed by atoms with Crippen LogP contribution in [0.15, 0.2) is 24.3 Å². The van der Waals surface area contributed by atoms with Crippen LogP contribution in [0.25, 0.3) is 0 Å². The highest BCUT2D eigenvalue weighted by atomic mass is 32.1. The van der Waals surface area contributed by atoms with Crippen LogP contribution in [0.2, 0.25) is 0 Å². The van der Waals surface area contributed by atoms with Crippen molar-refractivity contribution < 1.29 is 22.0 Å². The SMILES string of the molecule is Cc1cccc(NC(=S)Nc2c(F)c(F)c(F)c(F)c2F)c1. The summed E-state index contributed by atoms with van der Waals surface area (Å²) in [4.78, 5) is 0. The first-order chi connectivity index (χ1) is 10.3. The maximum atomic E-state index is 13.5. The number of nitrogens with one attached hydrogen (secondary N) is 2. The Hall–Kier alpha value is -2.22. The fourth-order valence-electron chi connectivity index (χ4n) is 1.71. The van der Waals surface area contributed by atoms with E-state index in [4.69, 9.17) is 12.2 Å². The molecule has 0 bridgehead atoms. The molecule has 0 radical (unpaired) electrons. The number of anilines is 2. The summed E-state index contributed by atoms with van der Waals surface area (Å²) in [5, 5.41) is 4.26. The molecule has 116 valence electrons. The zero-order valence-corrected chi connectivity index (χ0v) is 11.9. The molecule has 0 aliphatic rings. The number of benzene rings is 2. The monoisotopic (exact) mass is 332 g/mol. The molecule has 0 aromatic heterocycles. The molecule has 22 heavy (non-hydrogen) atoms. The first kappa shape index (κ1) is 16.2. The van der Waals surface area contributed by atoms with Gasteiger partial charge in [0.25, 0.3) is 0 Å². The van der Waals surface area contributed by atoms with Gasteiger partial charge in [0, 0.05) is 5.69 Å². The van der Waals surface area contributed by atoms with Crippen LogP contribution < -0.4 is 10.6 Å². The second-order valence-electron chi connectivity index (χ2n) is 4.39. The minimum Gasteiger partial charge on any atom is -0.332 e. The van der Waals surface area contributed by atoms with E-state index in [9.17, 15) is 22.0 Å². The van der Waals surface area contributed by atoms with E-state index in [1.165, 1.54) is 0 Å². The van der Waals surface area contributed by atoms with Gasteiger partial charge in [-0.05, 0) is 36.8 Å². The topological polar surface area (TPSA) is 24.1 Å². The number of aryl methyl sites for hydroxylation is 1. The number of halogens is 5. The summed E-state index contributed by atoms with van der Waals surface area (Å²) in [5.74, 6) is -10.3. The maximum Gasteiger partial charge on any atom is 0.200 e. The van der Waals surface area contributed by atoms with Crippen molar-refractivity contribution in [3.8, 4) is 0 Å². The van der Waals surface area contributed by atoms with Gasteiger partial charge in [-0.2, -0.15) is 0 Å². The third-order valence-electron chi connectivity index (χ3n) is 2.72. The highest BCUT2D eigenvalue weighted by Gasteiger charge is 2.26. The number of rotatable bonds is 2. The zero-order chi connectivity index (χ0) is 16.4. The van der Waals surface area contributed by atoms with E-state index in [0.717, 1.165) is 5.56 Å². The largest absolute Gasteiger partial charge is 0.332 e. The van der Waals surface area contributed by atoms with Gasteiger partial charge >= 0.3 is 0 Å². The van der Waals surface area contributed by atoms with Crippen molar-refractivity contribution in [3.63, 3.8) is 0 Å². The van der Waals surface area contributed by atoms with Gasteiger partial charge in [0.1, 0.15) is 5.69 Å². The first-order valence-corrected chi connectivity index (χ1v) is 6.38. The molecule has 0 saturated heterocycles. The van der Waals surface area contributed by atoms with E-state index >= 15 is 0 Å². The Bertz CT molecular complexity index is 719. The van der Waals surface area contributed by atoms with Crippen LogP contribution in [-0.4, -0.2) is 5.11 Å². The molecule has 0 atom stereocenters. The van der Waals surface area contributed by atoms with Crippen LogP contribution >= 0.6 is 12.2 Å². The molecule has 2 rings (SSSR count). The van der Waals surface area contributed by atoms with Crippen LogP contribution in [0.4, 0.5) is 33.3 Å². The summed E-state index contributed by atoms with van der Waals surface area (Å²) in [6.07, 6.45) is 0.